The highest BCUT2D eigenvalue weighted by molar-refractivity contribution is 6.07. The van der Waals surface area contributed by atoms with Crippen molar-refractivity contribution in [1.29, 1.82) is 0 Å². The number of amides is 2. The summed E-state index contributed by atoms with van der Waals surface area (Å²) >= 11 is 0. The number of nitrogens with two attached hydrogens (primary N) is 2. The third-order valence-electron chi connectivity index (χ3n) is 8.43. The van der Waals surface area contributed by atoms with Crippen LogP contribution in [0.2, 0.25) is 0 Å². The second kappa shape index (κ2) is 14.0. The third-order valence-corrected chi connectivity index (χ3v) is 8.43. The van der Waals surface area contributed by atoms with E-state index in [1.807, 2.05) is 54.4 Å². The van der Waals surface area contributed by atoms with Crippen LogP contribution >= 0.6 is 0 Å². The van der Waals surface area contributed by atoms with Gasteiger partial charge in [-0.1, -0.05) is 36.4 Å². The van der Waals surface area contributed by atoms with Gasteiger partial charge in [-0.25, -0.2) is 10.6 Å². The normalized spacial score (nSPS) is 16.4. The van der Waals surface area contributed by atoms with Crippen molar-refractivity contribution in [3.63, 3.8) is 0 Å². The van der Waals surface area contributed by atoms with Gasteiger partial charge in [0.2, 0.25) is 0 Å². The summed E-state index contributed by atoms with van der Waals surface area (Å²) in [7, 11) is 5.41. The van der Waals surface area contributed by atoms with Crippen molar-refractivity contribution in [1.82, 2.24) is 24.4 Å². The van der Waals surface area contributed by atoms with E-state index in [1.54, 1.807) is 31.1 Å². The van der Waals surface area contributed by atoms with Crippen molar-refractivity contribution in [3.05, 3.63) is 78.1 Å². The first-order valence-corrected chi connectivity index (χ1v) is 15.4. The largest absolute Gasteiger partial charge is 0.401 e. The van der Waals surface area contributed by atoms with Gasteiger partial charge in [0.15, 0.2) is 0 Å². The fourth-order valence-corrected chi connectivity index (χ4v) is 6.18. The molecular formula is C34H46N8O2. The molecule has 44 heavy (non-hydrogen) atoms. The Kier molecular flexibility index (Phi) is 9.92. The van der Waals surface area contributed by atoms with E-state index in [9.17, 15) is 4.79 Å². The van der Waals surface area contributed by atoms with Crippen LogP contribution in [0.1, 0.15) is 25.3 Å². The molecule has 4 aromatic rings. The maximum Gasteiger partial charge on any atom is 0.319 e. The highest BCUT2D eigenvalue weighted by Gasteiger charge is 2.24. The molecule has 0 radical (unpaired) electrons. The Bertz CT molecular complexity index is 1550. The molecule has 2 amide bonds. The van der Waals surface area contributed by atoms with Gasteiger partial charge in [0.05, 0.1) is 22.2 Å². The molecule has 2 aromatic heterocycles. The number of pyridine rings is 1. The van der Waals surface area contributed by atoms with Gasteiger partial charge in [0.25, 0.3) is 0 Å². The summed E-state index contributed by atoms with van der Waals surface area (Å²) in [5.74, 6) is 6.68. The minimum absolute atomic E-state index is 0.0721. The molecule has 0 atom stereocenters. The standard InChI is InChI=1S/C28H40N8O2.C6H6/c1-19(29)27(33(4)30)21-15-25-26(31-17-21)23-6-5-22(34-9-11-35(12-10-34)28(37)32(2)3)16-24(23)36(25)18-20-7-13-38-14-8-20;1-2-4-6-5-3-1/h5-6,15-17,20H,7-14,18,29-30H2,1-4H3;1-6H/b27-19-;. The number of urea groups is 1. The summed E-state index contributed by atoms with van der Waals surface area (Å²) < 4.78 is 8.06. The van der Waals surface area contributed by atoms with Crippen LogP contribution in [0.4, 0.5) is 10.5 Å². The summed E-state index contributed by atoms with van der Waals surface area (Å²) in [6.07, 6.45) is 3.97. The summed E-state index contributed by atoms with van der Waals surface area (Å²) in [6, 6.07) is 20.9. The van der Waals surface area contributed by atoms with E-state index in [4.69, 9.17) is 21.3 Å². The van der Waals surface area contributed by atoms with E-state index in [0.29, 0.717) is 24.7 Å². The molecule has 2 aliphatic rings. The third kappa shape index (κ3) is 6.92. The maximum atomic E-state index is 12.4. The molecule has 10 nitrogen and oxygen atoms in total. The van der Waals surface area contributed by atoms with Crippen LogP contribution in [0, 0.1) is 5.92 Å². The van der Waals surface area contributed by atoms with E-state index in [1.165, 1.54) is 11.2 Å². The minimum atomic E-state index is 0.0721. The number of carbonyl (C=O) groups is 1. The fraction of sp³-hybridized carbons (Fsp3) is 0.412. The van der Waals surface area contributed by atoms with Gasteiger partial charge in [0, 0.05) is 95.6 Å². The molecule has 0 unspecified atom stereocenters. The molecule has 2 aliphatic heterocycles. The highest BCUT2D eigenvalue weighted by Crippen LogP contribution is 2.34. The zero-order valence-corrected chi connectivity index (χ0v) is 26.4. The molecule has 0 saturated carbocycles. The molecule has 6 rings (SSSR count). The van der Waals surface area contributed by atoms with Gasteiger partial charge in [-0.2, -0.15) is 0 Å². The smallest absolute Gasteiger partial charge is 0.319 e. The number of fused-ring (bicyclic) bond motifs is 3. The zero-order valence-electron chi connectivity index (χ0n) is 26.4. The number of ether oxygens (including phenoxy) is 1. The lowest BCUT2D eigenvalue weighted by Crippen LogP contribution is -2.51. The predicted molar refractivity (Wildman–Crippen MR) is 179 cm³/mol. The molecule has 2 saturated heterocycles. The topological polar surface area (TPSA) is 109 Å². The number of allylic oxidation sites excluding steroid dienone is 1. The maximum absolute atomic E-state index is 12.4. The van der Waals surface area contributed by atoms with E-state index >= 15 is 0 Å². The van der Waals surface area contributed by atoms with Crippen molar-refractivity contribution in [2.45, 2.75) is 26.3 Å². The second-order valence-corrected chi connectivity index (χ2v) is 11.9. The molecule has 0 spiro atoms. The highest BCUT2D eigenvalue weighted by atomic mass is 16.5. The van der Waals surface area contributed by atoms with Gasteiger partial charge in [-0.05, 0) is 49.9 Å². The van der Waals surface area contributed by atoms with E-state index in [-0.39, 0.29) is 6.03 Å². The van der Waals surface area contributed by atoms with Gasteiger partial charge in [0.1, 0.15) is 0 Å². The van der Waals surface area contributed by atoms with Crippen molar-refractivity contribution >= 4 is 39.4 Å². The van der Waals surface area contributed by atoms with E-state index in [0.717, 1.165) is 73.4 Å². The Morgan fingerprint density at radius 1 is 0.955 bits per heavy atom. The molecule has 234 valence electrons. The number of carbonyl (C=O) groups excluding carboxylic acids is 1. The monoisotopic (exact) mass is 598 g/mol. The van der Waals surface area contributed by atoms with E-state index < -0.39 is 0 Å². The number of nitrogens with zero attached hydrogens (tertiary/aromatic N) is 6. The summed E-state index contributed by atoms with van der Waals surface area (Å²) in [5.41, 5.74) is 12.9. The number of anilines is 1. The van der Waals surface area contributed by atoms with Gasteiger partial charge >= 0.3 is 6.03 Å². The Morgan fingerprint density at radius 3 is 2.16 bits per heavy atom. The van der Waals surface area contributed by atoms with E-state index in [2.05, 4.69) is 33.7 Å². The summed E-state index contributed by atoms with van der Waals surface area (Å²) in [5, 5.41) is 2.70. The van der Waals surface area contributed by atoms with Crippen LogP contribution in [0.15, 0.2) is 72.6 Å². The Morgan fingerprint density at radius 2 is 1.59 bits per heavy atom. The quantitative estimate of drug-likeness (QED) is 0.256. The van der Waals surface area contributed by atoms with Gasteiger partial charge < -0.3 is 34.7 Å². The Labute approximate surface area is 260 Å². The lowest BCUT2D eigenvalue weighted by molar-refractivity contribution is 0.0620. The number of hydrazine groups is 1. The first kappa shape index (κ1) is 31.2. The lowest BCUT2D eigenvalue weighted by Gasteiger charge is -2.37. The molecular weight excluding hydrogens is 552 g/mol. The molecule has 0 bridgehead atoms. The molecule has 4 heterocycles. The van der Waals surface area contributed by atoms with Crippen molar-refractivity contribution in [3.8, 4) is 0 Å². The van der Waals surface area contributed by atoms with Gasteiger partial charge in [-0.3, -0.25) is 4.98 Å². The number of hydrogen-bond donors (Lipinski definition) is 2. The number of benzene rings is 2. The van der Waals surface area contributed by atoms with Crippen molar-refractivity contribution < 1.29 is 9.53 Å². The van der Waals surface area contributed by atoms with Crippen LogP contribution in [-0.4, -0.2) is 90.9 Å². The summed E-state index contributed by atoms with van der Waals surface area (Å²) in [4.78, 5) is 23.3. The summed E-state index contributed by atoms with van der Waals surface area (Å²) in [6.45, 7) is 7.42. The lowest BCUT2D eigenvalue weighted by atomic mass is 10.0. The first-order valence-electron chi connectivity index (χ1n) is 15.4. The zero-order chi connectivity index (χ0) is 31.2. The molecule has 0 aliphatic carbocycles. The predicted octanol–water partition coefficient (Wildman–Crippen LogP) is 4.56. The van der Waals surface area contributed by atoms with Gasteiger partial charge in [-0.15, -0.1) is 0 Å². The van der Waals surface area contributed by atoms with Crippen molar-refractivity contribution in [2.75, 3.05) is 65.4 Å². The average molecular weight is 599 g/mol. The molecule has 2 aromatic carbocycles. The minimum Gasteiger partial charge on any atom is -0.401 e. The number of rotatable bonds is 5. The van der Waals surface area contributed by atoms with Crippen LogP contribution < -0.4 is 16.5 Å². The molecule has 2 fully saturated rings. The Balaban J connectivity index is 0.000000573. The van der Waals surface area contributed by atoms with Crippen LogP contribution in [0.3, 0.4) is 0 Å². The van der Waals surface area contributed by atoms with Crippen LogP contribution in [0.25, 0.3) is 27.6 Å². The molecule has 10 heteroatoms. The fourth-order valence-electron chi connectivity index (χ4n) is 6.18. The van der Waals surface area contributed by atoms with Crippen molar-refractivity contribution in [2.24, 2.45) is 17.5 Å². The first-order chi connectivity index (χ1) is 21.2. The molecule has 4 N–H and O–H groups in total. The second-order valence-electron chi connectivity index (χ2n) is 11.9. The van der Waals surface area contributed by atoms with Crippen LogP contribution in [0.5, 0.6) is 0 Å². The number of piperazine rings is 1. The number of aromatic nitrogens is 2. The number of hydrogen-bond acceptors (Lipinski definition) is 7. The average Bonchev–Trinajstić information content (AvgIpc) is 3.34. The van der Waals surface area contributed by atoms with Crippen LogP contribution in [-0.2, 0) is 11.3 Å². The SMILES string of the molecule is C/C(N)=C(\c1cnc2c3ccc(N4CCN(C(=O)N(C)C)CC4)cc3n(CC3CCOCC3)c2c1)N(C)N.c1ccccc1. The Hall–Kier alpha value is -4.28.